The Labute approximate surface area is 124 Å². The molecule has 2 amide bonds. The highest BCUT2D eigenvalue weighted by Gasteiger charge is 2.53. The topological polar surface area (TPSA) is 58.6 Å². The summed E-state index contributed by atoms with van der Waals surface area (Å²) < 4.78 is 5.59. The fourth-order valence-electron chi connectivity index (χ4n) is 2.97. The minimum absolute atomic E-state index is 0.0447. The van der Waals surface area contributed by atoms with Gasteiger partial charge in [0.1, 0.15) is 17.8 Å². The second-order valence-corrected chi connectivity index (χ2v) is 5.82. The molecule has 1 aliphatic heterocycles. The summed E-state index contributed by atoms with van der Waals surface area (Å²) in [5, 5.41) is 2.88. The molecule has 1 aromatic carbocycles. The van der Waals surface area contributed by atoms with Crippen molar-refractivity contribution in [3.8, 4) is 5.75 Å². The van der Waals surface area contributed by atoms with Crippen LogP contribution in [0.2, 0.25) is 0 Å². The van der Waals surface area contributed by atoms with Gasteiger partial charge in [0.05, 0.1) is 12.3 Å². The summed E-state index contributed by atoms with van der Waals surface area (Å²) in [4.78, 5) is 26.5. The van der Waals surface area contributed by atoms with E-state index < -0.39 is 5.54 Å². The number of piperazine rings is 1. The number of rotatable bonds is 4. The average Bonchev–Trinajstić information content (AvgIpc) is 3.29. The Bertz CT molecular complexity index is 583. The van der Waals surface area contributed by atoms with Crippen LogP contribution in [0.15, 0.2) is 24.3 Å². The lowest BCUT2D eigenvalue weighted by Gasteiger charge is -2.40. The Balaban J connectivity index is 1.97. The minimum atomic E-state index is -0.783. The van der Waals surface area contributed by atoms with Crippen LogP contribution in [0, 0.1) is 5.92 Å². The van der Waals surface area contributed by atoms with Crippen LogP contribution in [-0.4, -0.2) is 30.5 Å². The zero-order chi connectivity index (χ0) is 15.0. The largest absolute Gasteiger partial charge is 0.492 e. The van der Waals surface area contributed by atoms with Crippen molar-refractivity contribution >= 4 is 17.5 Å². The van der Waals surface area contributed by atoms with E-state index in [0.717, 1.165) is 12.8 Å². The number of amides is 2. The SMILES string of the molecule is CCOc1ccccc1N1CC(=O)NC(C)(C2CC2)C1=O. The van der Waals surface area contributed by atoms with Gasteiger partial charge >= 0.3 is 0 Å². The molecule has 1 aromatic rings. The molecule has 0 bridgehead atoms. The van der Waals surface area contributed by atoms with E-state index in [1.54, 1.807) is 4.90 Å². The third kappa shape index (κ3) is 2.37. The van der Waals surface area contributed by atoms with Gasteiger partial charge in [0.25, 0.3) is 5.91 Å². The van der Waals surface area contributed by atoms with Gasteiger partial charge in [0.2, 0.25) is 5.91 Å². The molecule has 1 saturated carbocycles. The van der Waals surface area contributed by atoms with Crippen molar-refractivity contribution in [2.24, 2.45) is 5.92 Å². The molecule has 5 nitrogen and oxygen atoms in total. The fraction of sp³-hybridized carbons (Fsp3) is 0.500. The number of anilines is 1. The maximum Gasteiger partial charge on any atom is 0.253 e. The summed E-state index contributed by atoms with van der Waals surface area (Å²) in [6, 6.07) is 7.37. The Morgan fingerprint density at radius 1 is 1.33 bits per heavy atom. The van der Waals surface area contributed by atoms with E-state index in [1.165, 1.54) is 0 Å². The van der Waals surface area contributed by atoms with Crippen LogP contribution in [0.3, 0.4) is 0 Å². The van der Waals surface area contributed by atoms with Gasteiger partial charge in [-0.1, -0.05) is 12.1 Å². The van der Waals surface area contributed by atoms with Crippen molar-refractivity contribution in [2.45, 2.75) is 32.2 Å². The van der Waals surface area contributed by atoms with Gasteiger partial charge in [-0.3, -0.25) is 14.5 Å². The first kappa shape index (κ1) is 13.9. The van der Waals surface area contributed by atoms with Crippen molar-refractivity contribution in [2.75, 3.05) is 18.1 Å². The average molecular weight is 288 g/mol. The summed E-state index contributed by atoms with van der Waals surface area (Å²) in [6.07, 6.45) is 1.98. The highest BCUT2D eigenvalue weighted by atomic mass is 16.5. The number of para-hydroxylation sites is 2. The molecule has 5 heteroatoms. The Kier molecular flexibility index (Phi) is 3.35. The second-order valence-electron chi connectivity index (χ2n) is 5.82. The van der Waals surface area contributed by atoms with Crippen LogP contribution in [0.25, 0.3) is 0 Å². The molecule has 112 valence electrons. The van der Waals surface area contributed by atoms with Gasteiger partial charge in [-0.15, -0.1) is 0 Å². The van der Waals surface area contributed by atoms with Gasteiger partial charge < -0.3 is 10.1 Å². The molecule has 1 N–H and O–H groups in total. The molecule has 0 spiro atoms. The normalized spacial score (nSPS) is 25.7. The van der Waals surface area contributed by atoms with E-state index in [1.807, 2.05) is 38.1 Å². The number of carbonyl (C=O) groups excluding carboxylic acids is 2. The predicted molar refractivity (Wildman–Crippen MR) is 79.2 cm³/mol. The maximum absolute atomic E-state index is 12.9. The van der Waals surface area contributed by atoms with Crippen molar-refractivity contribution < 1.29 is 14.3 Å². The molecule has 3 rings (SSSR count). The van der Waals surface area contributed by atoms with Gasteiger partial charge in [0, 0.05) is 0 Å². The van der Waals surface area contributed by atoms with Crippen molar-refractivity contribution in [1.82, 2.24) is 5.32 Å². The van der Waals surface area contributed by atoms with Crippen LogP contribution in [0.5, 0.6) is 5.75 Å². The zero-order valence-electron chi connectivity index (χ0n) is 12.4. The summed E-state index contributed by atoms with van der Waals surface area (Å²) in [6.45, 7) is 4.30. The van der Waals surface area contributed by atoms with Crippen molar-refractivity contribution in [3.63, 3.8) is 0 Å². The first-order valence-corrected chi connectivity index (χ1v) is 7.41. The molecular weight excluding hydrogens is 268 g/mol. The monoisotopic (exact) mass is 288 g/mol. The van der Waals surface area contributed by atoms with Crippen LogP contribution >= 0.6 is 0 Å². The highest BCUT2D eigenvalue weighted by molar-refractivity contribution is 6.10. The predicted octanol–water partition coefficient (Wildman–Crippen LogP) is 1.72. The number of hydrogen-bond acceptors (Lipinski definition) is 3. The highest BCUT2D eigenvalue weighted by Crippen LogP contribution is 2.43. The van der Waals surface area contributed by atoms with Gasteiger partial charge in [-0.05, 0) is 44.7 Å². The standard InChI is InChI=1S/C16H20N2O3/c1-3-21-13-7-5-4-6-12(13)18-10-14(19)17-16(2,15(18)20)11-8-9-11/h4-7,11H,3,8-10H2,1-2H3,(H,17,19). The van der Waals surface area contributed by atoms with Crippen molar-refractivity contribution in [1.29, 1.82) is 0 Å². The number of nitrogens with one attached hydrogen (secondary N) is 1. The lowest BCUT2D eigenvalue weighted by molar-refractivity contribution is -0.136. The first-order valence-electron chi connectivity index (χ1n) is 7.41. The Morgan fingerprint density at radius 2 is 2.05 bits per heavy atom. The van der Waals surface area contributed by atoms with Crippen molar-refractivity contribution in [3.05, 3.63) is 24.3 Å². The number of ether oxygens (including phenoxy) is 1. The third-order valence-corrected chi connectivity index (χ3v) is 4.24. The second kappa shape index (κ2) is 5.06. The molecule has 0 radical (unpaired) electrons. The number of benzene rings is 1. The van der Waals surface area contributed by atoms with Gasteiger partial charge in [-0.25, -0.2) is 0 Å². The lowest BCUT2D eigenvalue weighted by atomic mass is 9.91. The first-order chi connectivity index (χ1) is 10.1. The quantitative estimate of drug-likeness (QED) is 0.917. The summed E-state index contributed by atoms with van der Waals surface area (Å²) >= 11 is 0. The maximum atomic E-state index is 12.9. The van der Waals surface area contributed by atoms with Crippen LogP contribution in [0.4, 0.5) is 5.69 Å². The lowest BCUT2D eigenvalue weighted by Crippen LogP contribution is -2.66. The molecular formula is C16H20N2O3. The Morgan fingerprint density at radius 3 is 2.71 bits per heavy atom. The molecule has 1 aliphatic carbocycles. The van der Waals surface area contributed by atoms with E-state index in [4.69, 9.17) is 4.74 Å². The number of hydrogen-bond donors (Lipinski definition) is 1. The van der Waals surface area contributed by atoms with E-state index in [0.29, 0.717) is 18.0 Å². The molecule has 21 heavy (non-hydrogen) atoms. The van der Waals surface area contributed by atoms with Crippen LogP contribution in [-0.2, 0) is 9.59 Å². The molecule has 1 atom stereocenters. The number of carbonyl (C=O) groups is 2. The van der Waals surface area contributed by atoms with Crippen LogP contribution < -0.4 is 15.0 Å². The van der Waals surface area contributed by atoms with E-state index in [9.17, 15) is 9.59 Å². The zero-order valence-corrected chi connectivity index (χ0v) is 12.4. The summed E-state index contributed by atoms with van der Waals surface area (Å²) in [5.41, 5.74) is -0.111. The minimum Gasteiger partial charge on any atom is -0.492 e. The van der Waals surface area contributed by atoms with E-state index in [2.05, 4.69) is 5.32 Å². The molecule has 1 saturated heterocycles. The fourth-order valence-corrected chi connectivity index (χ4v) is 2.97. The van der Waals surface area contributed by atoms with Gasteiger partial charge in [0.15, 0.2) is 0 Å². The molecule has 1 heterocycles. The number of nitrogens with zero attached hydrogens (tertiary/aromatic N) is 1. The molecule has 2 fully saturated rings. The summed E-state index contributed by atoms with van der Waals surface area (Å²) in [7, 11) is 0. The van der Waals surface area contributed by atoms with Gasteiger partial charge in [-0.2, -0.15) is 0 Å². The molecule has 2 aliphatic rings. The van der Waals surface area contributed by atoms with Crippen LogP contribution in [0.1, 0.15) is 26.7 Å². The molecule has 1 unspecified atom stereocenters. The smallest absolute Gasteiger partial charge is 0.253 e. The third-order valence-electron chi connectivity index (χ3n) is 4.24. The van der Waals surface area contributed by atoms with E-state index >= 15 is 0 Å². The van der Waals surface area contributed by atoms with E-state index in [-0.39, 0.29) is 24.3 Å². The molecule has 0 aromatic heterocycles. The summed E-state index contributed by atoms with van der Waals surface area (Å²) in [5.74, 6) is 0.726. The Hall–Kier alpha value is -2.04.